The molecular weight excluding hydrogens is 810 g/mol. The van der Waals surface area contributed by atoms with Gasteiger partial charge in [-0.15, -0.1) is 12.4 Å². The van der Waals surface area contributed by atoms with Gasteiger partial charge in [-0.25, -0.2) is 13.2 Å². The topological polar surface area (TPSA) is 115 Å². The van der Waals surface area contributed by atoms with Crippen LogP contribution in [0.5, 0.6) is 5.75 Å². The number of hydrogen-bond acceptors (Lipinski definition) is 8. The number of carbonyl (C=O) groups excluding carboxylic acids is 2. The molecule has 0 aromatic heterocycles. The summed E-state index contributed by atoms with van der Waals surface area (Å²) in [6.45, 7) is 7.08. The summed E-state index contributed by atoms with van der Waals surface area (Å²) in [5.41, 5.74) is 1.91. The van der Waals surface area contributed by atoms with Crippen molar-refractivity contribution in [3.05, 3.63) is 92.4 Å². The highest BCUT2D eigenvalue weighted by molar-refractivity contribution is 7.89. The maximum absolute atomic E-state index is 15.1. The van der Waals surface area contributed by atoms with Crippen LogP contribution in [0, 0.1) is 0 Å². The molecule has 4 aliphatic heterocycles. The van der Waals surface area contributed by atoms with Crippen molar-refractivity contribution in [2.75, 3.05) is 78.7 Å². The van der Waals surface area contributed by atoms with E-state index < -0.39 is 22.1 Å². The Labute approximate surface area is 343 Å². The van der Waals surface area contributed by atoms with E-state index in [0.717, 1.165) is 24.0 Å². The Morgan fingerprint density at radius 3 is 2.02 bits per heavy atom. The first-order valence-electron chi connectivity index (χ1n) is 18.3. The Hall–Kier alpha value is -3.14. The average molecular weight is 855 g/mol. The minimum absolute atomic E-state index is 0. The smallest absolute Gasteiger partial charge is 0.326 e. The lowest BCUT2D eigenvalue weighted by Crippen LogP contribution is -2.56. The van der Waals surface area contributed by atoms with Crippen LogP contribution in [0.25, 0.3) is 0 Å². The van der Waals surface area contributed by atoms with Crippen LogP contribution in [0.2, 0.25) is 15.1 Å². The van der Waals surface area contributed by atoms with Crippen LogP contribution in [0.4, 0.5) is 4.79 Å². The highest BCUT2D eigenvalue weighted by Gasteiger charge is 2.46. The van der Waals surface area contributed by atoms with Crippen LogP contribution < -0.4 is 4.74 Å². The van der Waals surface area contributed by atoms with Crippen molar-refractivity contribution in [1.29, 1.82) is 0 Å². The summed E-state index contributed by atoms with van der Waals surface area (Å²) < 4.78 is 41.0. The third-order valence-electron chi connectivity index (χ3n) is 10.3. The lowest BCUT2D eigenvalue weighted by Gasteiger charge is -2.39. The number of nitrogens with zero attached hydrogens (tertiary/aromatic N) is 6. The van der Waals surface area contributed by atoms with E-state index in [1.54, 1.807) is 34.1 Å². The summed E-state index contributed by atoms with van der Waals surface area (Å²) in [6.07, 6.45) is 1.52. The standard InChI is InChI=1S/C38H43Cl3N6O6S.ClH/c1-2-53-32-24-31(41)33(54(50,51)46-13-3-4-14-46)23-30(32)37-42-35(26-5-9-28(39)10-6-26)36(27-7-11-29(40)12-8-27)47(37)38(49)45-17-15-43(16-18-45)25-34(48)44-19-21-52-22-20-44;/h5-12,23-24,35-36H,2-4,13-22,25H2,1H3;1H/t35-,36+;/m0./s1. The first kappa shape index (κ1) is 41.5. The maximum atomic E-state index is 15.1. The summed E-state index contributed by atoms with van der Waals surface area (Å²) in [7, 11) is -3.97. The van der Waals surface area contributed by atoms with Crippen molar-refractivity contribution in [2.24, 2.45) is 4.99 Å². The zero-order chi connectivity index (χ0) is 38.0. The van der Waals surface area contributed by atoms with Crippen molar-refractivity contribution < 1.29 is 27.5 Å². The van der Waals surface area contributed by atoms with Gasteiger partial charge >= 0.3 is 6.03 Å². The number of urea groups is 1. The molecule has 55 heavy (non-hydrogen) atoms. The molecule has 296 valence electrons. The predicted octanol–water partition coefficient (Wildman–Crippen LogP) is 6.39. The molecule has 0 N–H and O–H groups in total. The fourth-order valence-corrected chi connectivity index (χ4v) is 9.75. The third kappa shape index (κ3) is 8.89. The summed E-state index contributed by atoms with van der Waals surface area (Å²) in [5.74, 6) is 0.604. The molecule has 4 heterocycles. The van der Waals surface area contributed by atoms with Crippen molar-refractivity contribution >= 4 is 75.0 Å². The Morgan fingerprint density at radius 1 is 0.818 bits per heavy atom. The number of amides is 3. The second-order valence-corrected chi connectivity index (χ2v) is 16.9. The number of aliphatic imine (C=N–C) groups is 1. The minimum atomic E-state index is -3.97. The van der Waals surface area contributed by atoms with Gasteiger partial charge in [-0.3, -0.25) is 19.6 Å². The van der Waals surface area contributed by atoms with Crippen LogP contribution in [0.15, 0.2) is 70.6 Å². The van der Waals surface area contributed by atoms with E-state index in [0.29, 0.717) is 86.9 Å². The SMILES string of the molecule is CCOc1cc(Cl)c(S(=O)(=O)N2CCCC2)cc1C1=N[C@@H](c2ccc(Cl)cc2)[C@@H](c2ccc(Cl)cc2)N1C(=O)N1CCN(CC(=O)N2CCOCC2)CC1.Cl. The third-order valence-corrected chi connectivity index (χ3v) is 13.2. The second-order valence-electron chi connectivity index (χ2n) is 13.7. The van der Waals surface area contributed by atoms with Gasteiger partial charge < -0.3 is 19.3 Å². The number of halogens is 4. The lowest BCUT2D eigenvalue weighted by atomic mass is 9.93. The predicted molar refractivity (Wildman–Crippen MR) is 215 cm³/mol. The number of benzene rings is 3. The van der Waals surface area contributed by atoms with Gasteiger partial charge in [0.05, 0.1) is 43.0 Å². The lowest BCUT2D eigenvalue weighted by molar-refractivity contribution is -0.136. The largest absolute Gasteiger partial charge is 0.493 e. The number of hydrogen-bond donors (Lipinski definition) is 0. The maximum Gasteiger partial charge on any atom is 0.326 e. The summed E-state index contributed by atoms with van der Waals surface area (Å²) >= 11 is 19.4. The van der Waals surface area contributed by atoms with Crippen LogP contribution >= 0.6 is 47.2 Å². The molecule has 0 unspecified atom stereocenters. The van der Waals surface area contributed by atoms with Gasteiger partial charge in [0.1, 0.15) is 22.5 Å². The van der Waals surface area contributed by atoms with Gasteiger partial charge in [0.15, 0.2) is 0 Å². The number of morpholine rings is 1. The van der Waals surface area contributed by atoms with Gasteiger partial charge in [0.2, 0.25) is 15.9 Å². The first-order chi connectivity index (χ1) is 26.0. The molecule has 3 fully saturated rings. The Morgan fingerprint density at radius 2 is 1.42 bits per heavy atom. The van der Waals surface area contributed by atoms with Crippen LogP contribution in [0.3, 0.4) is 0 Å². The van der Waals surface area contributed by atoms with Crippen molar-refractivity contribution in [1.82, 2.24) is 23.9 Å². The molecule has 3 amide bonds. The van der Waals surface area contributed by atoms with Gasteiger partial charge in [-0.1, -0.05) is 59.1 Å². The van der Waals surface area contributed by atoms with Gasteiger partial charge in [0, 0.05) is 68.5 Å². The number of carbonyl (C=O) groups is 2. The highest BCUT2D eigenvalue weighted by atomic mass is 35.5. The van der Waals surface area contributed by atoms with Crippen molar-refractivity contribution in [2.45, 2.75) is 36.7 Å². The normalized spacial score (nSPS) is 21.0. The van der Waals surface area contributed by atoms with E-state index in [1.807, 2.05) is 36.1 Å². The molecule has 0 bridgehead atoms. The van der Waals surface area contributed by atoms with E-state index in [9.17, 15) is 13.2 Å². The number of piperazine rings is 1. The zero-order valence-electron chi connectivity index (χ0n) is 30.4. The average Bonchev–Trinajstić information content (AvgIpc) is 3.86. The van der Waals surface area contributed by atoms with E-state index in [4.69, 9.17) is 49.3 Å². The molecule has 0 saturated carbocycles. The van der Waals surface area contributed by atoms with Gasteiger partial charge in [-0.2, -0.15) is 4.31 Å². The molecule has 2 atom stereocenters. The zero-order valence-corrected chi connectivity index (χ0v) is 34.3. The molecule has 12 nitrogen and oxygen atoms in total. The van der Waals surface area contributed by atoms with Crippen LogP contribution in [-0.2, 0) is 19.6 Å². The molecule has 7 rings (SSSR count). The van der Waals surface area contributed by atoms with E-state index >= 15 is 4.79 Å². The van der Waals surface area contributed by atoms with Crippen molar-refractivity contribution in [3.63, 3.8) is 0 Å². The van der Waals surface area contributed by atoms with Gasteiger partial charge in [-0.05, 0) is 61.2 Å². The second kappa shape index (κ2) is 18.0. The number of ether oxygens (including phenoxy) is 2. The molecule has 4 aliphatic rings. The van der Waals surface area contributed by atoms with E-state index in [1.165, 1.54) is 16.4 Å². The number of amidine groups is 1. The molecule has 3 saturated heterocycles. The van der Waals surface area contributed by atoms with Gasteiger partial charge in [0.25, 0.3) is 0 Å². The van der Waals surface area contributed by atoms with Crippen LogP contribution in [-0.4, -0.2) is 129 Å². The Kier molecular flexibility index (Phi) is 13.6. The van der Waals surface area contributed by atoms with E-state index in [-0.39, 0.29) is 53.3 Å². The quantitative estimate of drug-likeness (QED) is 0.245. The van der Waals surface area contributed by atoms with Crippen molar-refractivity contribution in [3.8, 4) is 5.75 Å². The molecule has 3 aromatic rings. The molecular formula is C38H44Cl4N6O6S. The molecule has 0 radical (unpaired) electrons. The summed E-state index contributed by atoms with van der Waals surface area (Å²) in [4.78, 5) is 40.6. The van der Waals surface area contributed by atoms with Crippen LogP contribution in [0.1, 0.15) is 48.5 Å². The fraction of sp³-hybridized carbons (Fsp3) is 0.447. The summed E-state index contributed by atoms with van der Waals surface area (Å²) in [6, 6.07) is 16.0. The molecule has 0 aliphatic carbocycles. The highest BCUT2D eigenvalue weighted by Crippen LogP contribution is 2.46. The molecule has 0 spiro atoms. The molecule has 17 heteroatoms. The van der Waals surface area contributed by atoms with E-state index in [2.05, 4.69) is 4.90 Å². The summed E-state index contributed by atoms with van der Waals surface area (Å²) in [5, 5.41) is 1.11. The molecule has 3 aromatic carbocycles. The number of sulfonamides is 1. The fourth-order valence-electron chi connectivity index (χ4n) is 7.46. The number of rotatable bonds is 9. The first-order valence-corrected chi connectivity index (χ1v) is 20.8. The Bertz CT molecular complexity index is 1990. The minimum Gasteiger partial charge on any atom is -0.493 e. The Balaban J connectivity index is 0.00000514. The monoisotopic (exact) mass is 852 g/mol.